The molecule has 0 saturated carbocycles. The maximum atomic E-state index is 12.9. The van der Waals surface area contributed by atoms with Gasteiger partial charge in [0, 0.05) is 17.3 Å². The Morgan fingerprint density at radius 2 is 1.50 bits per heavy atom. The molecule has 0 saturated heterocycles. The minimum atomic E-state index is -0.919. The van der Waals surface area contributed by atoms with Crippen molar-refractivity contribution in [2.45, 2.75) is 12.5 Å². The first-order valence-corrected chi connectivity index (χ1v) is 10.8. The van der Waals surface area contributed by atoms with Crippen LogP contribution in [-0.4, -0.2) is 35.4 Å². The highest BCUT2D eigenvalue weighted by Gasteiger charge is 2.22. The van der Waals surface area contributed by atoms with Crippen LogP contribution in [0.15, 0.2) is 91.0 Å². The first kappa shape index (κ1) is 22.6. The van der Waals surface area contributed by atoms with Crippen LogP contribution in [0.4, 0.5) is 0 Å². The lowest BCUT2D eigenvalue weighted by atomic mass is 10.1. The molecule has 0 spiro atoms. The third-order valence-electron chi connectivity index (χ3n) is 5.12. The van der Waals surface area contributed by atoms with Gasteiger partial charge in [-0.05, 0) is 29.8 Å². The summed E-state index contributed by atoms with van der Waals surface area (Å²) in [6, 6.07) is 26.4. The molecular weight excluding hydrogens is 432 g/mol. The number of fused-ring (bicyclic) bond motifs is 1. The van der Waals surface area contributed by atoms with Gasteiger partial charge in [-0.2, -0.15) is 0 Å². The van der Waals surface area contributed by atoms with Gasteiger partial charge >= 0.3 is 0 Å². The van der Waals surface area contributed by atoms with Gasteiger partial charge < -0.3 is 15.0 Å². The molecule has 3 aromatic carbocycles. The van der Waals surface area contributed by atoms with Crippen molar-refractivity contribution in [2.75, 3.05) is 6.61 Å². The molecule has 4 rings (SSSR count). The van der Waals surface area contributed by atoms with E-state index in [-0.39, 0.29) is 13.0 Å². The summed E-state index contributed by atoms with van der Waals surface area (Å²) in [5, 5.41) is 3.57. The molecule has 3 amide bonds. The molecule has 0 bridgehead atoms. The predicted octanol–water partition coefficient (Wildman–Crippen LogP) is 2.74. The molecule has 1 heterocycles. The van der Waals surface area contributed by atoms with Crippen LogP contribution in [0.3, 0.4) is 0 Å². The SMILES string of the molecule is O=C(COc1ccccc1)N[C@@H](Cc1ccccc1)C(=O)NNC(=O)c1cc2ccccc2[nH]1. The Labute approximate surface area is 196 Å². The molecule has 172 valence electrons. The van der Waals surface area contributed by atoms with E-state index < -0.39 is 23.8 Å². The number of carbonyl (C=O) groups excluding carboxylic acids is 3. The second-order valence-electron chi connectivity index (χ2n) is 7.63. The highest BCUT2D eigenvalue weighted by atomic mass is 16.5. The zero-order valence-electron chi connectivity index (χ0n) is 18.3. The summed E-state index contributed by atoms with van der Waals surface area (Å²) in [6.07, 6.45) is 0.242. The highest BCUT2D eigenvalue weighted by Crippen LogP contribution is 2.14. The molecule has 34 heavy (non-hydrogen) atoms. The molecule has 4 N–H and O–H groups in total. The topological polar surface area (TPSA) is 112 Å². The normalized spacial score (nSPS) is 11.4. The van der Waals surface area contributed by atoms with Crippen molar-refractivity contribution >= 4 is 28.6 Å². The summed E-state index contributed by atoms with van der Waals surface area (Å²) in [5.41, 5.74) is 6.79. The molecule has 1 atom stereocenters. The van der Waals surface area contributed by atoms with Gasteiger partial charge in [0.1, 0.15) is 17.5 Å². The zero-order valence-corrected chi connectivity index (χ0v) is 18.3. The number of aromatic nitrogens is 1. The smallest absolute Gasteiger partial charge is 0.286 e. The number of benzene rings is 3. The molecule has 0 aliphatic carbocycles. The maximum absolute atomic E-state index is 12.9. The van der Waals surface area contributed by atoms with Gasteiger partial charge in [0.25, 0.3) is 17.7 Å². The minimum Gasteiger partial charge on any atom is -0.484 e. The van der Waals surface area contributed by atoms with Gasteiger partial charge in [-0.1, -0.05) is 66.7 Å². The summed E-state index contributed by atoms with van der Waals surface area (Å²) >= 11 is 0. The summed E-state index contributed by atoms with van der Waals surface area (Å²) in [7, 11) is 0. The van der Waals surface area contributed by atoms with Gasteiger partial charge in [0.2, 0.25) is 0 Å². The molecule has 1 aromatic heterocycles. The van der Waals surface area contributed by atoms with Gasteiger partial charge in [0.15, 0.2) is 6.61 Å². The van der Waals surface area contributed by atoms with Gasteiger partial charge in [0.05, 0.1) is 0 Å². The third kappa shape index (κ3) is 6.01. The van der Waals surface area contributed by atoms with Gasteiger partial charge in [-0.25, -0.2) is 0 Å². The Morgan fingerprint density at radius 3 is 2.24 bits per heavy atom. The van der Waals surface area contributed by atoms with E-state index in [1.807, 2.05) is 60.7 Å². The van der Waals surface area contributed by atoms with Crippen molar-refractivity contribution in [3.05, 3.63) is 102 Å². The summed E-state index contributed by atoms with van der Waals surface area (Å²) in [4.78, 5) is 40.9. The lowest BCUT2D eigenvalue weighted by Gasteiger charge is -2.19. The number of hydrogen-bond donors (Lipinski definition) is 4. The van der Waals surface area contributed by atoms with Crippen molar-refractivity contribution in [2.24, 2.45) is 0 Å². The van der Waals surface area contributed by atoms with Crippen LogP contribution in [-0.2, 0) is 16.0 Å². The lowest BCUT2D eigenvalue weighted by Crippen LogP contribution is -2.53. The van der Waals surface area contributed by atoms with Crippen LogP contribution in [0, 0.1) is 0 Å². The number of nitrogens with one attached hydrogen (secondary N) is 4. The van der Waals surface area contributed by atoms with E-state index >= 15 is 0 Å². The Bertz CT molecular complexity index is 1240. The molecule has 4 aromatic rings. The average molecular weight is 457 g/mol. The molecule has 0 aliphatic rings. The Kier molecular flexibility index (Phi) is 7.19. The number of carbonyl (C=O) groups is 3. The number of amides is 3. The van der Waals surface area contributed by atoms with Crippen LogP contribution in [0.1, 0.15) is 16.1 Å². The van der Waals surface area contributed by atoms with Gasteiger partial charge in [-0.15, -0.1) is 0 Å². The van der Waals surface area contributed by atoms with Crippen molar-refractivity contribution in [3.63, 3.8) is 0 Å². The standard InChI is InChI=1S/C26H24N4O4/c31-24(17-34-20-12-5-2-6-13-20)28-22(15-18-9-3-1-4-10-18)25(32)29-30-26(33)23-16-19-11-7-8-14-21(19)27-23/h1-14,16,22,27H,15,17H2,(H,28,31)(H,29,32)(H,30,33)/t22-/m0/s1. The molecule has 0 aliphatic heterocycles. The Balaban J connectivity index is 1.38. The number of hydrazine groups is 1. The first-order chi connectivity index (χ1) is 16.6. The van der Waals surface area contributed by atoms with Crippen molar-refractivity contribution < 1.29 is 19.1 Å². The van der Waals surface area contributed by atoms with Crippen LogP contribution in [0.25, 0.3) is 10.9 Å². The predicted molar refractivity (Wildman–Crippen MR) is 128 cm³/mol. The molecule has 8 nitrogen and oxygen atoms in total. The van der Waals surface area contributed by atoms with Crippen LogP contribution in [0.2, 0.25) is 0 Å². The largest absolute Gasteiger partial charge is 0.484 e. The molecular formula is C26H24N4O4. The quantitative estimate of drug-likeness (QED) is 0.306. The number of ether oxygens (including phenoxy) is 1. The third-order valence-corrected chi connectivity index (χ3v) is 5.12. The van der Waals surface area contributed by atoms with Crippen molar-refractivity contribution in [3.8, 4) is 5.75 Å². The second-order valence-corrected chi connectivity index (χ2v) is 7.63. The Hall–Kier alpha value is -4.59. The number of hydrogen-bond acceptors (Lipinski definition) is 4. The van der Waals surface area contributed by atoms with E-state index in [0.717, 1.165) is 16.5 Å². The summed E-state index contributed by atoms with van der Waals surface area (Å²) in [6.45, 7) is -0.246. The minimum absolute atomic E-state index is 0.242. The highest BCUT2D eigenvalue weighted by molar-refractivity contribution is 5.99. The molecule has 0 unspecified atom stereocenters. The number of H-pyrrole nitrogens is 1. The van der Waals surface area contributed by atoms with Gasteiger partial charge in [-0.3, -0.25) is 25.2 Å². The van der Waals surface area contributed by atoms with Crippen LogP contribution < -0.4 is 20.9 Å². The van der Waals surface area contributed by atoms with E-state index in [0.29, 0.717) is 11.4 Å². The summed E-state index contributed by atoms with van der Waals surface area (Å²) < 4.78 is 5.47. The van der Waals surface area contributed by atoms with E-state index in [1.54, 1.807) is 30.3 Å². The zero-order chi connectivity index (χ0) is 23.8. The van der Waals surface area contributed by atoms with Crippen molar-refractivity contribution in [1.29, 1.82) is 0 Å². The fraction of sp³-hybridized carbons (Fsp3) is 0.115. The second kappa shape index (κ2) is 10.8. The number of rotatable bonds is 8. The molecule has 0 fully saturated rings. The first-order valence-electron chi connectivity index (χ1n) is 10.8. The van der Waals surface area contributed by atoms with Crippen LogP contribution in [0.5, 0.6) is 5.75 Å². The number of para-hydroxylation sites is 2. The molecule has 8 heteroatoms. The summed E-state index contributed by atoms with van der Waals surface area (Å²) in [5.74, 6) is -0.961. The lowest BCUT2D eigenvalue weighted by molar-refractivity contribution is -0.130. The van der Waals surface area contributed by atoms with Crippen LogP contribution >= 0.6 is 0 Å². The van der Waals surface area contributed by atoms with E-state index in [2.05, 4.69) is 21.2 Å². The van der Waals surface area contributed by atoms with E-state index in [9.17, 15) is 14.4 Å². The average Bonchev–Trinajstić information content (AvgIpc) is 3.31. The fourth-order valence-corrected chi connectivity index (χ4v) is 3.43. The van der Waals surface area contributed by atoms with E-state index in [4.69, 9.17) is 4.74 Å². The number of aromatic amines is 1. The molecule has 0 radical (unpaired) electrons. The van der Waals surface area contributed by atoms with Crippen molar-refractivity contribution in [1.82, 2.24) is 21.2 Å². The monoisotopic (exact) mass is 456 g/mol. The van der Waals surface area contributed by atoms with E-state index in [1.165, 1.54) is 0 Å². The maximum Gasteiger partial charge on any atom is 0.286 e. The fourth-order valence-electron chi connectivity index (χ4n) is 3.43. The Morgan fingerprint density at radius 1 is 0.824 bits per heavy atom.